The molecule has 4 heteroatoms. The van der Waals surface area contributed by atoms with Crippen molar-refractivity contribution < 1.29 is 9.53 Å². The summed E-state index contributed by atoms with van der Waals surface area (Å²) in [5, 5.41) is 2.85. The van der Waals surface area contributed by atoms with E-state index in [4.69, 9.17) is 4.74 Å². The molecule has 0 atom stereocenters. The molecule has 0 saturated carbocycles. The Morgan fingerprint density at radius 3 is 2.65 bits per heavy atom. The van der Waals surface area contributed by atoms with Crippen LogP contribution in [0.5, 0.6) is 11.6 Å². The highest BCUT2D eigenvalue weighted by atomic mass is 16.5. The van der Waals surface area contributed by atoms with Crippen molar-refractivity contribution in [2.24, 2.45) is 0 Å². The summed E-state index contributed by atoms with van der Waals surface area (Å²) in [5.74, 6) is 1.36. The first-order valence-corrected chi connectivity index (χ1v) is 6.72. The number of pyridine rings is 1. The lowest BCUT2D eigenvalue weighted by Gasteiger charge is -2.06. The van der Waals surface area contributed by atoms with E-state index in [1.165, 1.54) is 0 Å². The van der Waals surface area contributed by atoms with Crippen molar-refractivity contribution in [1.82, 2.24) is 10.3 Å². The topological polar surface area (TPSA) is 51.2 Å². The van der Waals surface area contributed by atoms with Gasteiger partial charge in [-0.1, -0.05) is 31.2 Å². The smallest absolute Gasteiger partial charge is 0.220 e. The van der Waals surface area contributed by atoms with Gasteiger partial charge in [0.15, 0.2) is 0 Å². The molecule has 2 aromatic rings. The van der Waals surface area contributed by atoms with E-state index in [0.717, 1.165) is 17.7 Å². The highest BCUT2D eigenvalue weighted by Gasteiger charge is 2.01. The van der Waals surface area contributed by atoms with Gasteiger partial charge in [-0.15, -0.1) is 0 Å². The summed E-state index contributed by atoms with van der Waals surface area (Å²) < 4.78 is 5.60. The highest BCUT2D eigenvalue weighted by molar-refractivity contribution is 5.75. The highest BCUT2D eigenvalue weighted by Crippen LogP contribution is 2.18. The summed E-state index contributed by atoms with van der Waals surface area (Å²) in [7, 11) is 0. The monoisotopic (exact) mass is 270 g/mol. The molecule has 0 fully saturated rings. The Kier molecular flexibility index (Phi) is 5.12. The van der Waals surface area contributed by atoms with Gasteiger partial charge in [-0.3, -0.25) is 4.79 Å². The van der Waals surface area contributed by atoms with Gasteiger partial charge in [0.1, 0.15) is 5.75 Å². The van der Waals surface area contributed by atoms with E-state index in [-0.39, 0.29) is 5.91 Å². The second kappa shape index (κ2) is 7.28. The van der Waals surface area contributed by atoms with Crippen molar-refractivity contribution in [3.05, 3.63) is 54.2 Å². The van der Waals surface area contributed by atoms with Gasteiger partial charge >= 0.3 is 0 Å². The van der Waals surface area contributed by atoms with E-state index in [9.17, 15) is 4.79 Å². The van der Waals surface area contributed by atoms with Crippen LogP contribution in [0.15, 0.2) is 48.7 Å². The van der Waals surface area contributed by atoms with Crippen LogP contribution in [0.3, 0.4) is 0 Å². The van der Waals surface area contributed by atoms with Crippen molar-refractivity contribution in [3.63, 3.8) is 0 Å². The molecule has 0 spiro atoms. The minimum Gasteiger partial charge on any atom is -0.439 e. The Labute approximate surface area is 118 Å². The summed E-state index contributed by atoms with van der Waals surface area (Å²) in [6.45, 7) is 2.48. The zero-order chi connectivity index (χ0) is 14.2. The van der Waals surface area contributed by atoms with Crippen LogP contribution in [0.4, 0.5) is 0 Å². The number of nitrogens with one attached hydrogen (secondary N) is 1. The predicted molar refractivity (Wildman–Crippen MR) is 77.5 cm³/mol. The lowest BCUT2D eigenvalue weighted by molar-refractivity contribution is -0.121. The number of aromatic nitrogens is 1. The van der Waals surface area contributed by atoms with Crippen molar-refractivity contribution in [1.29, 1.82) is 0 Å². The van der Waals surface area contributed by atoms with Crippen molar-refractivity contribution >= 4 is 5.91 Å². The van der Waals surface area contributed by atoms with Gasteiger partial charge in [-0.05, 0) is 24.1 Å². The van der Waals surface area contributed by atoms with Crippen LogP contribution in [-0.4, -0.2) is 10.9 Å². The molecule has 0 radical (unpaired) electrons. The summed E-state index contributed by atoms with van der Waals surface area (Å²) in [6.07, 6.45) is 3.13. The second-order valence-electron chi connectivity index (χ2n) is 4.45. The molecule has 0 saturated heterocycles. The first-order chi connectivity index (χ1) is 9.78. The van der Waals surface area contributed by atoms with Crippen LogP contribution in [0, 0.1) is 0 Å². The van der Waals surface area contributed by atoms with Crippen LogP contribution in [-0.2, 0) is 11.3 Å². The molecule has 1 heterocycles. The summed E-state index contributed by atoms with van der Waals surface area (Å²) in [5.41, 5.74) is 0.954. The number of ether oxygens (including phenoxy) is 1. The average Bonchev–Trinajstić information content (AvgIpc) is 2.48. The second-order valence-corrected chi connectivity index (χ2v) is 4.45. The molecular weight excluding hydrogens is 252 g/mol. The Balaban J connectivity index is 1.88. The Hall–Kier alpha value is -2.36. The minimum atomic E-state index is 0.0668. The lowest BCUT2D eigenvalue weighted by Crippen LogP contribution is -2.22. The zero-order valence-corrected chi connectivity index (χ0v) is 11.5. The van der Waals surface area contributed by atoms with Gasteiger partial charge in [-0.25, -0.2) is 4.98 Å². The number of para-hydroxylation sites is 1. The maximum absolute atomic E-state index is 11.4. The van der Waals surface area contributed by atoms with E-state index in [1.54, 1.807) is 12.3 Å². The molecule has 1 amide bonds. The minimum absolute atomic E-state index is 0.0668. The molecule has 0 unspecified atom stereocenters. The maximum Gasteiger partial charge on any atom is 0.220 e. The molecule has 20 heavy (non-hydrogen) atoms. The normalized spacial score (nSPS) is 10.1. The first kappa shape index (κ1) is 14.1. The molecule has 1 aromatic heterocycles. The summed E-state index contributed by atoms with van der Waals surface area (Å²) >= 11 is 0. The van der Waals surface area contributed by atoms with E-state index in [2.05, 4.69) is 10.3 Å². The molecule has 2 rings (SSSR count). The summed E-state index contributed by atoms with van der Waals surface area (Å²) in [4.78, 5) is 15.6. The van der Waals surface area contributed by atoms with Gasteiger partial charge in [0.2, 0.25) is 11.8 Å². The molecule has 0 aliphatic heterocycles. The third kappa shape index (κ3) is 4.39. The van der Waals surface area contributed by atoms with Crippen LogP contribution in [0.25, 0.3) is 0 Å². The van der Waals surface area contributed by atoms with E-state index in [1.807, 2.05) is 43.3 Å². The Morgan fingerprint density at radius 2 is 2.00 bits per heavy atom. The molecule has 104 valence electrons. The third-order valence-corrected chi connectivity index (χ3v) is 2.73. The van der Waals surface area contributed by atoms with Crippen LogP contribution in [0.2, 0.25) is 0 Å². The van der Waals surface area contributed by atoms with Crippen LogP contribution >= 0.6 is 0 Å². The number of hydrogen-bond donors (Lipinski definition) is 1. The summed E-state index contributed by atoms with van der Waals surface area (Å²) in [6, 6.07) is 13.2. The third-order valence-electron chi connectivity index (χ3n) is 2.73. The van der Waals surface area contributed by atoms with Crippen LogP contribution < -0.4 is 10.1 Å². The first-order valence-electron chi connectivity index (χ1n) is 6.72. The number of amides is 1. The standard InChI is InChI=1S/C16H18N2O2/c1-2-6-15(19)17-11-13-9-10-16(18-12-13)20-14-7-4-3-5-8-14/h3-5,7-10,12H,2,6,11H2,1H3,(H,17,19). The van der Waals surface area contributed by atoms with Crippen molar-refractivity contribution in [2.75, 3.05) is 0 Å². The van der Waals surface area contributed by atoms with Crippen molar-refractivity contribution in [2.45, 2.75) is 26.3 Å². The number of carbonyl (C=O) groups is 1. The zero-order valence-electron chi connectivity index (χ0n) is 11.5. The van der Waals surface area contributed by atoms with Gasteiger partial charge in [0, 0.05) is 25.2 Å². The lowest BCUT2D eigenvalue weighted by atomic mass is 10.2. The van der Waals surface area contributed by atoms with E-state index in [0.29, 0.717) is 18.8 Å². The van der Waals surface area contributed by atoms with Crippen molar-refractivity contribution in [3.8, 4) is 11.6 Å². The van der Waals surface area contributed by atoms with Gasteiger partial charge in [-0.2, -0.15) is 0 Å². The van der Waals surface area contributed by atoms with Gasteiger partial charge < -0.3 is 10.1 Å². The molecule has 0 aliphatic carbocycles. The molecule has 1 N–H and O–H groups in total. The number of rotatable bonds is 6. The Bertz CT molecular complexity index is 538. The Morgan fingerprint density at radius 1 is 1.20 bits per heavy atom. The van der Waals surface area contributed by atoms with E-state index < -0.39 is 0 Å². The van der Waals surface area contributed by atoms with E-state index >= 15 is 0 Å². The fraction of sp³-hybridized carbons (Fsp3) is 0.250. The average molecular weight is 270 g/mol. The number of hydrogen-bond acceptors (Lipinski definition) is 3. The molecule has 0 bridgehead atoms. The fourth-order valence-corrected chi connectivity index (χ4v) is 1.70. The quantitative estimate of drug-likeness (QED) is 0.876. The molecule has 4 nitrogen and oxygen atoms in total. The maximum atomic E-state index is 11.4. The number of carbonyl (C=O) groups excluding carboxylic acids is 1. The SMILES string of the molecule is CCCC(=O)NCc1ccc(Oc2ccccc2)nc1. The fourth-order valence-electron chi connectivity index (χ4n) is 1.70. The van der Waals surface area contributed by atoms with Crippen LogP contribution in [0.1, 0.15) is 25.3 Å². The number of benzene rings is 1. The van der Waals surface area contributed by atoms with Gasteiger partial charge in [0.25, 0.3) is 0 Å². The molecule has 1 aromatic carbocycles. The largest absolute Gasteiger partial charge is 0.439 e. The molecule has 0 aliphatic rings. The predicted octanol–water partition coefficient (Wildman–Crippen LogP) is 3.29. The molecular formula is C16H18N2O2. The number of nitrogens with zero attached hydrogens (tertiary/aromatic N) is 1. The van der Waals surface area contributed by atoms with Gasteiger partial charge in [0.05, 0.1) is 0 Å².